The summed E-state index contributed by atoms with van der Waals surface area (Å²) in [5.41, 5.74) is 3.33. The third-order valence-corrected chi connectivity index (χ3v) is 4.29. The van der Waals surface area contributed by atoms with Crippen LogP contribution in [-0.4, -0.2) is 21.6 Å². The molecule has 0 radical (unpaired) electrons. The molecule has 2 aromatic rings. The molecule has 0 bridgehead atoms. The van der Waals surface area contributed by atoms with Crippen LogP contribution < -0.4 is 5.32 Å². The SMILES string of the molecule is C.Cc1cccc2nc(NC(=O)CC(C)(C)C)n(C3CCC3)c12.O=C=O. The van der Waals surface area contributed by atoms with Crippen LogP contribution >= 0.6 is 0 Å². The van der Waals surface area contributed by atoms with E-state index < -0.39 is 0 Å². The van der Waals surface area contributed by atoms with Gasteiger partial charge in [0.2, 0.25) is 11.9 Å². The van der Waals surface area contributed by atoms with Gasteiger partial charge in [-0.1, -0.05) is 40.3 Å². The van der Waals surface area contributed by atoms with E-state index in [1.165, 1.54) is 30.3 Å². The quantitative estimate of drug-likeness (QED) is 0.875. The highest BCUT2D eigenvalue weighted by Gasteiger charge is 2.26. The van der Waals surface area contributed by atoms with E-state index in [9.17, 15) is 4.79 Å². The molecule has 1 fully saturated rings. The summed E-state index contributed by atoms with van der Waals surface area (Å²) in [6, 6.07) is 6.63. The number of carbonyl (C=O) groups is 1. The van der Waals surface area contributed by atoms with Gasteiger partial charge in [0.15, 0.2) is 0 Å². The predicted octanol–water partition coefficient (Wildman–Crippen LogP) is 4.50. The molecule has 0 saturated heterocycles. The van der Waals surface area contributed by atoms with Crippen molar-refractivity contribution in [2.45, 2.75) is 66.8 Å². The molecule has 1 aromatic carbocycles. The Morgan fingerprint density at radius 2 is 1.92 bits per heavy atom. The maximum Gasteiger partial charge on any atom is 0.373 e. The highest BCUT2D eigenvalue weighted by Crippen LogP contribution is 2.38. The zero-order chi connectivity index (χ0) is 18.6. The summed E-state index contributed by atoms with van der Waals surface area (Å²) in [6.45, 7) is 8.34. The smallest absolute Gasteiger partial charge is 0.307 e. The molecule has 6 heteroatoms. The first-order chi connectivity index (χ1) is 11.8. The van der Waals surface area contributed by atoms with Crippen molar-refractivity contribution in [1.29, 1.82) is 0 Å². The molecule has 0 spiro atoms. The highest BCUT2D eigenvalue weighted by molar-refractivity contribution is 5.92. The van der Waals surface area contributed by atoms with Gasteiger partial charge >= 0.3 is 6.15 Å². The van der Waals surface area contributed by atoms with Crippen LogP contribution in [-0.2, 0) is 14.4 Å². The summed E-state index contributed by atoms with van der Waals surface area (Å²) >= 11 is 0. The van der Waals surface area contributed by atoms with Gasteiger partial charge < -0.3 is 4.57 Å². The lowest BCUT2D eigenvalue weighted by Gasteiger charge is -2.29. The molecular formula is C20H29N3O3. The Kier molecular flexibility index (Phi) is 7.28. The molecule has 0 unspecified atom stereocenters. The topological polar surface area (TPSA) is 81.1 Å². The van der Waals surface area contributed by atoms with E-state index in [0.717, 1.165) is 5.52 Å². The highest BCUT2D eigenvalue weighted by atomic mass is 16.2. The van der Waals surface area contributed by atoms with Crippen LogP contribution in [0.4, 0.5) is 5.95 Å². The average molecular weight is 359 g/mol. The Morgan fingerprint density at radius 1 is 1.31 bits per heavy atom. The molecule has 26 heavy (non-hydrogen) atoms. The molecule has 142 valence electrons. The zero-order valence-electron chi connectivity index (χ0n) is 15.3. The Morgan fingerprint density at radius 3 is 2.42 bits per heavy atom. The Labute approximate surface area is 155 Å². The second-order valence-corrected chi connectivity index (χ2v) is 7.70. The minimum Gasteiger partial charge on any atom is -0.307 e. The van der Waals surface area contributed by atoms with Crippen LogP contribution in [0.15, 0.2) is 18.2 Å². The van der Waals surface area contributed by atoms with Gasteiger partial charge in [0.1, 0.15) is 0 Å². The zero-order valence-corrected chi connectivity index (χ0v) is 15.3. The van der Waals surface area contributed by atoms with Crippen LogP contribution in [0.5, 0.6) is 0 Å². The predicted molar refractivity (Wildman–Crippen MR) is 102 cm³/mol. The summed E-state index contributed by atoms with van der Waals surface area (Å²) in [6.07, 6.45) is 4.34. The van der Waals surface area contributed by atoms with Crippen molar-refractivity contribution >= 4 is 29.0 Å². The lowest BCUT2D eigenvalue weighted by Crippen LogP contribution is -2.24. The number of hydrogen-bond acceptors (Lipinski definition) is 4. The first-order valence-corrected chi connectivity index (χ1v) is 8.53. The number of fused-ring (bicyclic) bond motifs is 1. The number of amides is 1. The van der Waals surface area contributed by atoms with E-state index in [4.69, 9.17) is 9.59 Å². The molecule has 6 nitrogen and oxygen atoms in total. The van der Waals surface area contributed by atoms with Crippen LogP contribution in [0.2, 0.25) is 0 Å². The number of nitrogens with zero attached hydrogens (tertiary/aromatic N) is 2. The fraction of sp³-hybridized carbons (Fsp3) is 0.550. The van der Waals surface area contributed by atoms with E-state index in [1.54, 1.807) is 0 Å². The van der Waals surface area contributed by atoms with Crippen LogP contribution in [0, 0.1) is 12.3 Å². The van der Waals surface area contributed by atoms with Gasteiger partial charge in [-0.15, -0.1) is 0 Å². The summed E-state index contributed by atoms with van der Waals surface area (Å²) in [4.78, 5) is 33.2. The number of anilines is 1. The van der Waals surface area contributed by atoms with Crippen molar-refractivity contribution in [2.75, 3.05) is 5.32 Å². The van der Waals surface area contributed by atoms with E-state index in [-0.39, 0.29) is 24.9 Å². The standard InChI is InChI=1S/C18H25N3O.CO2.CH4/c1-12-7-5-10-14-16(12)21(13-8-6-9-13)17(19-14)20-15(22)11-18(2,3)4;2-1-3;/h5,7,10,13H,6,8-9,11H2,1-4H3,(H,19,20,22);;1H4. The number of aromatic nitrogens is 2. The monoisotopic (exact) mass is 359 g/mol. The minimum absolute atomic E-state index is 0. The molecule has 1 amide bonds. The van der Waals surface area contributed by atoms with Gasteiger partial charge in [0, 0.05) is 12.5 Å². The maximum atomic E-state index is 12.3. The first-order valence-electron chi connectivity index (χ1n) is 8.53. The lowest BCUT2D eigenvalue weighted by atomic mass is 9.92. The molecule has 1 aliphatic carbocycles. The molecule has 1 aromatic heterocycles. The second kappa shape index (κ2) is 8.77. The maximum absolute atomic E-state index is 12.3. The molecule has 1 heterocycles. The van der Waals surface area contributed by atoms with E-state index >= 15 is 0 Å². The van der Waals surface area contributed by atoms with Crippen molar-refractivity contribution in [3.05, 3.63) is 23.8 Å². The van der Waals surface area contributed by atoms with Gasteiger partial charge in [-0.3, -0.25) is 10.1 Å². The molecular weight excluding hydrogens is 330 g/mol. The van der Waals surface area contributed by atoms with Crippen molar-refractivity contribution in [3.63, 3.8) is 0 Å². The number of imidazole rings is 1. The molecule has 3 rings (SSSR count). The van der Waals surface area contributed by atoms with Crippen molar-refractivity contribution in [2.24, 2.45) is 5.41 Å². The average Bonchev–Trinajstić information content (AvgIpc) is 2.75. The largest absolute Gasteiger partial charge is 0.373 e. The fourth-order valence-electron chi connectivity index (χ4n) is 3.06. The van der Waals surface area contributed by atoms with Gasteiger partial charge in [-0.05, 0) is 43.2 Å². The third kappa shape index (κ3) is 5.02. The van der Waals surface area contributed by atoms with E-state index in [0.29, 0.717) is 18.4 Å². The summed E-state index contributed by atoms with van der Waals surface area (Å²) in [5.74, 6) is 0.754. The van der Waals surface area contributed by atoms with Gasteiger partial charge in [0.05, 0.1) is 11.0 Å². The Hall–Kier alpha value is -2.46. The van der Waals surface area contributed by atoms with Gasteiger partial charge in [-0.2, -0.15) is 9.59 Å². The molecule has 1 saturated carbocycles. The van der Waals surface area contributed by atoms with Crippen molar-refractivity contribution in [1.82, 2.24) is 9.55 Å². The van der Waals surface area contributed by atoms with Crippen LogP contribution in [0.25, 0.3) is 11.0 Å². The van der Waals surface area contributed by atoms with Crippen LogP contribution in [0.1, 0.15) is 65.5 Å². The van der Waals surface area contributed by atoms with Gasteiger partial charge in [0.25, 0.3) is 0 Å². The summed E-state index contributed by atoms with van der Waals surface area (Å²) < 4.78 is 2.24. The normalized spacial score (nSPS) is 13.7. The fourth-order valence-corrected chi connectivity index (χ4v) is 3.06. The van der Waals surface area contributed by atoms with E-state index in [1.807, 2.05) is 12.1 Å². The molecule has 0 atom stereocenters. The Bertz CT molecular complexity index is 792. The second-order valence-electron chi connectivity index (χ2n) is 7.70. The Balaban J connectivity index is 0.000000791. The summed E-state index contributed by atoms with van der Waals surface area (Å²) in [7, 11) is 0. The summed E-state index contributed by atoms with van der Waals surface area (Å²) in [5, 5.41) is 3.05. The number of benzene rings is 1. The van der Waals surface area contributed by atoms with Crippen LogP contribution in [0.3, 0.4) is 0 Å². The number of hydrogen-bond donors (Lipinski definition) is 1. The molecule has 0 aliphatic heterocycles. The number of para-hydroxylation sites is 1. The third-order valence-electron chi connectivity index (χ3n) is 4.29. The number of rotatable bonds is 3. The van der Waals surface area contributed by atoms with E-state index in [2.05, 4.69) is 48.6 Å². The molecule has 1 aliphatic rings. The van der Waals surface area contributed by atoms with Gasteiger partial charge in [-0.25, -0.2) is 4.98 Å². The number of carbonyl (C=O) groups excluding carboxylic acids is 3. The van der Waals surface area contributed by atoms with Crippen molar-refractivity contribution < 1.29 is 14.4 Å². The lowest BCUT2D eigenvalue weighted by molar-refractivity contribution is -0.191. The first kappa shape index (κ1) is 21.6. The minimum atomic E-state index is -0.0205. The number of nitrogens with one attached hydrogen (secondary N) is 1. The number of aryl methyl sites for hydroxylation is 1. The van der Waals surface area contributed by atoms with Crippen molar-refractivity contribution in [3.8, 4) is 0 Å². The molecule has 1 N–H and O–H groups in total.